The summed E-state index contributed by atoms with van der Waals surface area (Å²) in [7, 11) is 3.23. The number of ether oxygens (including phenoxy) is 2. The van der Waals surface area contributed by atoms with Gasteiger partial charge in [-0.3, -0.25) is 4.79 Å². The molecular formula is C21H27NO3S. The molecule has 0 atom stereocenters. The van der Waals surface area contributed by atoms with Crippen molar-refractivity contribution >= 4 is 17.7 Å². The predicted octanol–water partition coefficient (Wildman–Crippen LogP) is 4.46. The van der Waals surface area contributed by atoms with E-state index in [4.69, 9.17) is 9.47 Å². The van der Waals surface area contributed by atoms with Crippen molar-refractivity contribution in [3.8, 4) is 11.5 Å². The number of hydrogen-bond acceptors (Lipinski definition) is 4. The number of rotatable bonds is 8. The highest BCUT2D eigenvalue weighted by Gasteiger charge is 2.14. The van der Waals surface area contributed by atoms with Crippen molar-refractivity contribution in [2.75, 3.05) is 26.5 Å². The van der Waals surface area contributed by atoms with Crippen LogP contribution in [0.5, 0.6) is 11.5 Å². The maximum absolute atomic E-state index is 12.7. The fourth-order valence-corrected chi connectivity index (χ4v) is 3.68. The van der Waals surface area contributed by atoms with Crippen molar-refractivity contribution < 1.29 is 14.3 Å². The Kier molecular flexibility index (Phi) is 7.39. The van der Waals surface area contributed by atoms with Gasteiger partial charge in [0.2, 0.25) is 5.91 Å². The van der Waals surface area contributed by atoms with Crippen molar-refractivity contribution in [3.63, 3.8) is 0 Å². The van der Waals surface area contributed by atoms with Crippen molar-refractivity contribution in [2.45, 2.75) is 32.2 Å². The molecule has 0 radical (unpaired) electrons. The molecule has 2 rings (SSSR count). The first kappa shape index (κ1) is 20.2. The van der Waals surface area contributed by atoms with E-state index < -0.39 is 0 Å². The topological polar surface area (TPSA) is 38.8 Å². The molecule has 0 unspecified atom stereocenters. The summed E-state index contributed by atoms with van der Waals surface area (Å²) in [5.41, 5.74) is 3.47. The van der Waals surface area contributed by atoms with Gasteiger partial charge in [0.05, 0.1) is 20.0 Å². The van der Waals surface area contributed by atoms with Gasteiger partial charge in [0.25, 0.3) is 0 Å². The Morgan fingerprint density at radius 3 is 2.38 bits per heavy atom. The fourth-order valence-electron chi connectivity index (χ4n) is 2.77. The number of thioether (sulfide) groups is 1. The molecule has 0 aliphatic carbocycles. The smallest absolute Gasteiger partial charge is 0.233 e. The molecule has 1 amide bonds. The third kappa shape index (κ3) is 5.18. The van der Waals surface area contributed by atoms with Gasteiger partial charge in [-0.25, -0.2) is 0 Å². The van der Waals surface area contributed by atoms with Crippen LogP contribution in [-0.4, -0.2) is 37.3 Å². The van der Waals surface area contributed by atoms with E-state index in [0.29, 0.717) is 30.3 Å². The van der Waals surface area contributed by atoms with Gasteiger partial charge in [0.15, 0.2) is 11.5 Å². The van der Waals surface area contributed by atoms with Crippen LogP contribution in [0, 0.1) is 13.8 Å². The van der Waals surface area contributed by atoms with Crippen LogP contribution in [-0.2, 0) is 11.3 Å². The molecule has 0 aromatic heterocycles. The normalized spacial score (nSPS) is 10.5. The summed E-state index contributed by atoms with van der Waals surface area (Å²) in [6, 6.07) is 12.1. The van der Waals surface area contributed by atoms with Crippen LogP contribution >= 0.6 is 11.8 Å². The summed E-state index contributed by atoms with van der Waals surface area (Å²) in [6.45, 7) is 7.39. The SMILES string of the molecule is CCN(Cc1ccc(OC)c(OC)c1)C(=O)CSc1ccc(C)cc1C. The van der Waals surface area contributed by atoms with Gasteiger partial charge in [-0.05, 0) is 50.1 Å². The average molecular weight is 374 g/mol. The zero-order valence-corrected chi connectivity index (χ0v) is 17.0. The Labute approximate surface area is 160 Å². The van der Waals surface area contributed by atoms with E-state index in [1.54, 1.807) is 26.0 Å². The van der Waals surface area contributed by atoms with Gasteiger partial charge in [0, 0.05) is 18.0 Å². The van der Waals surface area contributed by atoms with Gasteiger partial charge in [-0.1, -0.05) is 23.8 Å². The molecule has 0 aliphatic rings. The molecule has 26 heavy (non-hydrogen) atoms. The maximum Gasteiger partial charge on any atom is 0.233 e. The Balaban J connectivity index is 2.02. The van der Waals surface area contributed by atoms with E-state index in [0.717, 1.165) is 10.5 Å². The lowest BCUT2D eigenvalue weighted by Gasteiger charge is -2.21. The second-order valence-corrected chi connectivity index (χ2v) is 7.17. The Hall–Kier alpha value is -2.14. The monoisotopic (exact) mass is 373 g/mol. The summed E-state index contributed by atoms with van der Waals surface area (Å²) in [5, 5.41) is 0. The molecule has 4 nitrogen and oxygen atoms in total. The number of hydrogen-bond donors (Lipinski definition) is 0. The quantitative estimate of drug-likeness (QED) is 0.640. The first-order valence-electron chi connectivity index (χ1n) is 8.67. The molecule has 0 fully saturated rings. The first-order valence-corrected chi connectivity index (χ1v) is 9.65. The summed E-state index contributed by atoms with van der Waals surface area (Å²) in [5.74, 6) is 1.94. The standard InChI is InChI=1S/C21H27NO3S/c1-6-22(13-17-8-9-18(24-4)19(12-17)25-5)21(23)14-26-20-10-7-15(2)11-16(20)3/h7-12H,6,13-14H2,1-5H3. The van der Waals surface area contributed by atoms with Crippen molar-refractivity contribution in [1.82, 2.24) is 4.90 Å². The number of amides is 1. The number of methoxy groups -OCH3 is 2. The summed E-state index contributed by atoms with van der Waals surface area (Å²) in [4.78, 5) is 15.7. The third-order valence-electron chi connectivity index (χ3n) is 4.24. The van der Waals surface area contributed by atoms with E-state index in [1.165, 1.54) is 11.1 Å². The number of nitrogens with zero attached hydrogens (tertiary/aromatic N) is 1. The fraction of sp³-hybridized carbons (Fsp3) is 0.381. The molecular weight excluding hydrogens is 346 g/mol. The molecule has 0 aliphatic heterocycles. The van der Waals surface area contributed by atoms with E-state index in [2.05, 4.69) is 32.0 Å². The second kappa shape index (κ2) is 9.53. The van der Waals surface area contributed by atoms with Crippen LogP contribution in [0.4, 0.5) is 0 Å². The lowest BCUT2D eigenvalue weighted by atomic mass is 10.2. The highest BCUT2D eigenvalue weighted by molar-refractivity contribution is 8.00. The molecule has 0 saturated heterocycles. The number of carbonyl (C=O) groups is 1. The Bertz CT molecular complexity index is 761. The maximum atomic E-state index is 12.7. The van der Waals surface area contributed by atoms with Gasteiger partial charge in [-0.15, -0.1) is 11.8 Å². The van der Waals surface area contributed by atoms with Gasteiger partial charge in [0.1, 0.15) is 0 Å². The highest BCUT2D eigenvalue weighted by atomic mass is 32.2. The highest BCUT2D eigenvalue weighted by Crippen LogP contribution is 2.28. The molecule has 140 valence electrons. The van der Waals surface area contributed by atoms with Crippen LogP contribution in [0.1, 0.15) is 23.6 Å². The van der Waals surface area contributed by atoms with Gasteiger partial charge >= 0.3 is 0 Å². The average Bonchev–Trinajstić information content (AvgIpc) is 2.64. The van der Waals surface area contributed by atoms with Crippen LogP contribution in [0.3, 0.4) is 0 Å². The summed E-state index contributed by atoms with van der Waals surface area (Å²) >= 11 is 1.60. The second-order valence-electron chi connectivity index (χ2n) is 6.15. The minimum Gasteiger partial charge on any atom is -0.493 e. The number of benzene rings is 2. The molecule has 2 aromatic rings. The lowest BCUT2D eigenvalue weighted by molar-refractivity contribution is -0.128. The van der Waals surface area contributed by atoms with Crippen LogP contribution < -0.4 is 9.47 Å². The van der Waals surface area contributed by atoms with Crippen molar-refractivity contribution in [3.05, 3.63) is 53.1 Å². The molecule has 5 heteroatoms. The van der Waals surface area contributed by atoms with E-state index in [1.807, 2.05) is 30.0 Å². The molecule has 0 N–H and O–H groups in total. The molecule has 0 bridgehead atoms. The molecule has 2 aromatic carbocycles. The Morgan fingerprint density at radius 1 is 1.04 bits per heavy atom. The largest absolute Gasteiger partial charge is 0.493 e. The molecule has 0 heterocycles. The number of aryl methyl sites for hydroxylation is 2. The van der Waals surface area contributed by atoms with Crippen LogP contribution in [0.2, 0.25) is 0 Å². The first-order chi connectivity index (χ1) is 12.5. The third-order valence-corrected chi connectivity index (χ3v) is 5.40. The molecule has 0 spiro atoms. The molecule has 0 saturated carbocycles. The van der Waals surface area contributed by atoms with E-state index >= 15 is 0 Å². The predicted molar refractivity (Wildman–Crippen MR) is 107 cm³/mol. The van der Waals surface area contributed by atoms with E-state index in [9.17, 15) is 4.79 Å². The van der Waals surface area contributed by atoms with Crippen LogP contribution in [0.25, 0.3) is 0 Å². The minimum atomic E-state index is 0.132. The minimum absolute atomic E-state index is 0.132. The van der Waals surface area contributed by atoms with E-state index in [-0.39, 0.29) is 5.91 Å². The summed E-state index contributed by atoms with van der Waals surface area (Å²) in [6.07, 6.45) is 0. The number of carbonyl (C=O) groups excluding carboxylic acids is 1. The van der Waals surface area contributed by atoms with Gasteiger partial charge < -0.3 is 14.4 Å². The lowest BCUT2D eigenvalue weighted by Crippen LogP contribution is -2.31. The Morgan fingerprint density at radius 2 is 1.77 bits per heavy atom. The van der Waals surface area contributed by atoms with Gasteiger partial charge in [-0.2, -0.15) is 0 Å². The van der Waals surface area contributed by atoms with Crippen LogP contribution in [0.15, 0.2) is 41.3 Å². The summed E-state index contributed by atoms with van der Waals surface area (Å²) < 4.78 is 10.6. The zero-order valence-electron chi connectivity index (χ0n) is 16.2. The van der Waals surface area contributed by atoms with Crippen molar-refractivity contribution in [1.29, 1.82) is 0 Å². The van der Waals surface area contributed by atoms with Crippen molar-refractivity contribution in [2.24, 2.45) is 0 Å². The zero-order chi connectivity index (χ0) is 19.1.